The molecule has 168 valence electrons. The minimum absolute atomic E-state index is 0.0289. The van der Waals surface area contributed by atoms with Crippen LogP contribution >= 0.6 is 0 Å². The van der Waals surface area contributed by atoms with Crippen LogP contribution in [0, 0.1) is 0 Å². The molecule has 0 saturated heterocycles. The number of nitrogens with zero attached hydrogens (tertiary/aromatic N) is 3. The molecule has 3 heterocycles. The number of hydrogen-bond donors (Lipinski definition) is 1. The van der Waals surface area contributed by atoms with Crippen LogP contribution in [-0.2, 0) is 11.3 Å². The molecule has 0 spiro atoms. The van der Waals surface area contributed by atoms with Gasteiger partial charge in [0.15, 0.2) is 0 Å². The van der Waals surface area contributed by atoms with E-state index >= 15 is 0 Å². The molecular weight excluding hydrogens is 420 g/mol. The third-order valence-electron chi connectivity index (χ3n) is 6.70. The van der Waals surface area contributed by atoms with Gasteiger partial charge in [0.1, 0.15) is 5.82 Å². The molecule has 1 aliphatic rings. The lowest BCUT2D eigenvalue weighted by Crippen LogP contribution is -2.18. The first-order chi connectivity index (χ1) is 16.6. The Morgan fingerprint density at radius 1 is 0.971 bits per heavy atom. The summed E-state index contributed by atoms with van der Waals surface area (Å²) in [6.45, 7) is 0.776. The van der Waals surface area contributed by atoms with E-state index in [1.54, 1.807) is 0 Å². The van der Waals surface area contributed by atoms with E-state index < -0.39 is 0 Å². The molecule has 1 N–H and O–H groups in total. The van der Waals surface area contributed by atoms with Gasteiger partial charge in [0, 0.05) is 55.5 Å². The molecule has 1 aliphatic heterocycles. The van der Waals surface area contributed by atoms with Crippen LogP contribution in [0.25, 0.3) is 21.8 Å². The molecule has 5 nitrogen and oxygen atoms in total. The van der Waals surface area contributed by atoms with Crippen molar-refractivity contribution in [1.29, 1.82) is 0 Å². The Hall–Kier alpha value is -4.12. The first-order valence-electron chi connectivity index (χ1n) is 11.6. The standard InChI is InChI=1S/C29H26N4O/c1-32(2)29-22(15-20-11-6-7-12-24(20)31-29)21-16-27(34)30-25-13-8-14-26-28(25)23(21)18-33(26)17-19-9-4-3-5-10-19/h3-15,18,21H,16-17H2,1-2H3,(H,30,34)/t21-/m0/s1. The first kappa shape index (κ1) is 20.5. The zero-order chi connectivity index (χ0) is 23.2. The second-order valence-electron chi connectivity index (χ2n) is 9.19. The molecule has 0 aliphatic carbocycles. The number of aromatic nitrogens is 2. The van der Waals surface area contributed by atoms with Gasteiger partial charge in [0.05, 0.1) is 16.7 Å². The maximum absolute atomic E-state index is 13.0. The summed E-state index contributed by atoms with van der Waals surface area (Å²) in [4.78, 5) is 20.1. The fourth-order valence-corrected chi connectivity index (χ4v) is 5.17. The molecule has 6 rings (SSSR count). The molecule has 1 atom stereocenters. The smallest absolute Gasteiger partial charge is 0.225 e. The summed E-state index contributed by atoms with van der Waals surface area (Å²) < 4.78 is 2.30. The maximum atomic E-state index is 13.0. The monoisotopic (exact) mass is 446 g/mol. The van der Waals surface area contributed by atoms with Gasteiger partial charge in [-0.2, -0.15) is 0 Å². The number of hydrogen-bond acceptors (Lipinski definition) is 3. The number of fused-ring (bicyclic) bond motifs is 1. The SMILES string of the molecule is CN(C)c1nc2ccccc2cc1[C@@H]1CC(=O)Nc2cccc3c2c1cn3Cc1ccccc1. The molecule has 5 aromatic rings. The molecular formula is C29H26N4O. The highest BCUT2D eigenvalue weighted by Crippen LogP contribution is 2.43. The summed E-state index contributed by atoms with van der Waals surface area (Å²) in [7, 11) is 4.03. The Balaban J connectivity index is 1.59. The van der Waals surface area contributed by atoms with Crippen molar-refractivity contribution in [3.05, 3.63) is 102 Å². The lowest BCUT2D eigenvalue weighted by molar-refractivity contribution is -0.116. The van der Waals surface area contributed by atoms with Gasteiger partial charge in [-0.1, -0.05) is 54.6 Å². The Bertz CT molecular complexity index is 1530. The summed E-state index contributed by atoms with van der Waals surface area (Å²) in [6, 6.07) is 27.0. The second-order valence-corrected chi connectivity index (χ2v) is 9.19. The lowest BCUT2D eigenvalue weighted by Gasteiger charge is -2.23. The normalized spacial score (nSPS) is 15.4. The highest BCUT2D eigenvalue weighted by atomic mass is 16.1. The van der Waals surface area contributed by atoms with E-state index in [4.69, 9.17) is 4.98 Å². The zero-order valence-corrected chi connectivity index (χ0v) is 19.3. The van der Waals surface area contributed by atoms with Gasteiger partial charge in [-0.3, -0.25) is 4.79 Å². The number of carbonyl (C=O) groups is 1. The largest absolute Gasteiger partial charge is 0.362 e. The predicted octanol–water partition coefficient (Wildman–Crippen LogP) is 5.78. The molecule has 2 aromatic heterocycles. The minimum Gasteiger partial charge on any atom is -0.362 e. The van der Waals surface area contributed by atoms with Crippen LogP contribution in [0.5, 0.6) is 0 Å². The van der Waals surface area contributed by atoms with Gasteiger partial charge in [-0.25, -0.2) is 4.98 Å². The summed E-state index contributed by atoms with van der Waals surface area (Å²) in [5.74, 6) is 0.832. The van der Waals surface area contributed by atoms with Gasteiger partial charge in [0.2, 0.25) is 5.91 Å². The van der Waals surface area contributed by atoms with Crippen molar-refractivity contribution in [1.82, 2.24) is 9.55 Å². The molecule has 34 heavy (non-hydrogen) atoms. The second kappa shape index (κ2) is 8.03. The number of carbonyl (C=O) groups excluding carboxylic acids is 1. The number of nitrogens with one attached hydrogen (secondary N) is 1. The van der Waals surface area contributed by atoms with Crippen molar-refractivity contribution in [3.63, 3.8) is 0 Å². The molecule has 5 heteroatoms. The van der Waals surface area contributed by atoms with Crippen LogP contribution in [-0.4, -0.2) is 29.6 Å². The summed E-state index contributed by atoms with van der Waals surface area (Å²) in [6.07, 6.45) is 2.61. The first-order valence-corrected chi connectivity index (χ1v) is 11.6. The van der Waals surface area contributed by atoms with E-state index in [1.807, 2.05) is 50.5 Å². The average Bonchev–Trinajstić information content (AvgIpc) is 3.14. The molecule has 0 radical (unpaired) electrons. The quantitative estimate of drug-likeness (QED) is 0.381. The van der Waals surface area contributed by atoms with Crippen LogP contribution in [0.15, 0.2) is 85.1 Å². The van der Waals surface area contributed by atoms with Gasteiger partial charge in [-0.05, 0) is 35.4 Å². The van der Waals surface area contributed by atoms with Crippen LogP contribution < -0.4 is 10.2 Å². The van der Waals surface area contributed by atoms with Gasteiger partial charge in [-0.15, -0.1) is 0 Å². The van der Waals surface area contributed by atoms with Crippen molar-refractivity contribution < 1.29 is 4.79 Å². The number of benzene rings is 3. The number of amides is 1. The number of rotatable bonds is 4. The predicted molar refractivity (Wildman–Crippen MR) is 139 cm³/mol. The minimum atomic E-state index is -0.0994. The van der Waals surface area contributed by atoms with Gasteiger partial charge in [0.25, 0.3) is 0 Å². The molecule has 0 bridgehead atoms. The Labute approximate surface area is 198 Å². The fourth-order valence-electron chi connectivity index (χ4n) is 5.17. The number of pyridine rings is 1. The van der Waals surface area contributed by atoms with E-state index in [0.717, 1.165) is 45.4 Å². The summed E-state index contributed by atoms with van der Waals surface area (Å²) in [5.41, 5.74) is 6.46. The van der Waals surface area contributed by atoms with E-state index in [2.05, 4.69) is 63.4 Å². The molecule has 0 unspecified atom stereocenters. The third kappa shape index (κ3) is 3.41. The van der Waals surface area contributed by atoms with E-state index in [1.165, 1.54) is 11.1 Å². The molecule has 0 saturated carbocycles. The Morgan fingerprint density at radius 3 is 2.59 bits per heavy atom. The fraction of sp³-hybridized carbons (Fsp3) is 0.172. The number of anilines is 2. The van der Waals surface area contributed by atoms with Crippen LogP contribution in [0.1, 0.15) is 29.0 Å². The van der Waals surface area contributed by atoms with Crippen LogP contribution in [0.2, 0.25) is 0 Å². The van der Waals surface area contributed by atoms with Crippen molar-refractivity contribution in [2.75, 3.05) is 24.3 Å². The highest BCUT2D eigenvalue weighted by molar-refractivity contribution is 6.06. The van der Waals surface area contributed by atoms with Crippen LogP contribution in [0.3, 0.4) is 0 Å². The highest BCUT2D eigenvalue weighted by Gasteiger charge is 2.30. The average molecular weight is 447 g/mol. The van der Waals surface area contributed by atoms with Gasteiger partial charge >= 0.3 is 0 Å². The topological polar surface area (TPSA) is 50.2 Å². The number of para-hydroxylation sites is 1. The van der Waals surface area contributed by atoms with E-state index in [-0.39, 0.29) is 11.8 Å². The van der Waals surface area contributed by atoms with Gasteiger partial charge < -0.3 is 14.8 Å². The van der Waals surface area contributed by atoms with E-state index in [9.17, 15) is 4.79 Å². The lowest BCUT2D eigenvalue weighted by atomic mass is 9.88. The Kier molecular flexibility index (Phi) is 4.84. The maximum Gasteiger partial charge on any atom is 0.225 e. The van der Waals surface area contributed by atoms with E-state index in [0.29, 0.717) is 6.42 Å². The zero-order valence-electron chi connectivity index (χ0n) is 19.3. The van der Waals surface area contributed by atoms with Crippen molar-refractivity contribution in [2.24, 2.45) is 0 Å². The molecule has 3 aromatic carbocycles. The molecule has 1 amide bonds. The van der Waals surface area contributed by atoms with Crippen molar-refractivity contribution in [3.8, 4) is 0 Å². The van der Waals surface area contributed by atoms with Crippen molar-refractivity contribution in [2.45, 2.75) is 18.9 Å². The summed E-state index contributed by atoms with van der Waals surface area (Å²) in [5, 5.41) is 5.37. The third-order valence-corrected chi connectivity index (χ3v) is 6.70. The molecule has 0 fully saturated rings. The summed E-state index contributed by atoms with van der Waals surface area (Å²) >= 11 is 0. The Morgan fingerprint density at radius 2 is 1.76 bits per heavy atom. The van der Waals surface area contributed by atoms with Crippen LogP contribution in [0.4, 0.5) is 11.5 Å². The van der Waals surface area contributed by atoms with Crippen molar-refractivity contribution >= 4 is 39.2 Å².